The van der Waals surface area contributed by atoms with Crippen LogP contribution >= 0.6 is 11.3 Å². The van der Waals surface area contributed by atoms with Crippen molar-refractivity contribution in [2.24, 2.45) is 5.92 Å². The first-order valence-electron chi connectivity index (χ1n) is 10.7. The lowest BCUT2D eigenvalue weighted by atomic mass is 9.97. The monoisotopic (exact) mass is 461 g/mol. The summed E-state index contributed by atoms with van der Waals surface area (Å²) in [4.78, 5) is 27.4. The summed E-state index contributed by atoms with van der Waals surface area (Å²) < 4.78 is 27.1. The van der Waals surface area contributed by atoms with Crippen LogP contribution in [0.4, 0.5) is 5.69 Å². The molecule has 1 aromatic heterocycles. The second-order valence-corrected chi connectivity index (χ2v) is 11.1. The highest BCUT2D eigenvalue weighted by atomic mass is 32.2. The van der Waals surface area contributed by atoms with Gasteiger partial charge in [-0.15, -0.1) is 11.3 Å². The number of thiophene rings is 1. The maximum absolute atomic E-state index is 12.8. The number of benzene rings is 1. The molecule has 0 spiro atoms. The molecule has 2 aromatic rings. The normalized spacial score (nSPS) is 18.6. The summed E-state index contributed by atoms with van der Waals surface area (Å²) in [6.07, 6.45) is 4.17. The molecule has 4 rings (SSSR count). The Morgan fingerprint density at radius 1 is 0.968 bits per heavy atom. The molecule has 2 saturated heterocycles. The number of likely N-dealkylation sites (tertiary alicyclic amines) is 1. The molecule has 9 heteroatoms. The van der Waals surface area contributed by atoms with E-state index in [0.717, 1.165) is 32.4 Å². The van der Waals surface area contributed by atoms with Crippen LogP contribution in [0.15, 0.2) is 46.0 Å². The molecule has 2 aliphatic heterocycles. The third-order valence-corrected chi connectivity index (χ3v) is 9.21. The number of carbonyl (C=O) groups excluding carboxylic acids is 2. The van der Waals surface area contributed by atoms with Crippen LogP contribution < -0.4 is 5.32 Å². The van der Waals surface area contributed by atoms with Gasteiger partial charge in [0.25, 0.3) is 15.9 Å². The number of nitrogens with one attached hydrogen (secondary N) is 1. The van der Waals surface area contributed by atoms with E-state index in [2.05, 4.69) is 5.32 Å². The van der Waals surface area contributed by atoms with Gasteiger partial charge in [-0.05, 0) is 61.7 Å². The van der Waals surface area contributed by atoms with E-state index in [1.54, 1.807) is 41.8 Å². The van der Waals surface area contributed by atoms with E-state index in [1.807, 2.05) is 4.90 Å². The van der Waals surface area contributed by atoms with Crippen molar-refractivity contribution in [2.45, 2.75) is 36.3 Å². The van der Waals surface area contributed by atoms with Gasteiger partial charge in [0, 0.05) is 43.3 Å². The fraction of sp³-hybridized carbons (Fsp3) is 0.455. The first-order chi connectivity index (χ1) is 14.9. The number of hydrogen-bond acceptors (Lipinski definition) is 5. The molecule has 0 atom stereocenters. The van der Waals surface area contributed by atoms with Crippen LogP contribution in [-0.2, 0) is 14.8 Å². The minimum Gasteiger partial charge on any atom is -0.339 e. The number of rotatable bonds is 5. The Balaban J connectivity index is 1.34. The number of piperidine rings is 2. The highest BCUT2D eigenvalue weighted by molar-refractivity contribution is 7.91. The Bertz CT molecular complexity index is 1020. The molecule has 0 saturated carbocycles. The average molecular weight is 462 g/mol. The highest BCUT2D eigenvalue weighted by Gasteiger charge is 2.32. The molecule has 3 heterocycles. The molecule has 1 aromatic carbocycles. The van der Waals surface area contributed by atoms with Crippen LogP contribution in [0.25, 0.3) is 0 Å². The molecule has 0 bridgehead atoms. The third kappa shape index (κ3) is 4.99. The van der Waals surface area contributed by atoms with Crippen molar-refractivity contribution in [2.75, 3.05) is 31.5 Å². The number of hydrogen-bond donors (Lipinski definition) is 1. The number of amides is 2. The zero-order chi connectivity index (χ0) is 21.8. The average Bonchev–Trinajstić information content (AvgIpc) is 3.35. The lowest BCUT2D eigenvalue weighted by Crippen LogP contribution is -2.41. The second kappa shape index (κ2) is 9.50. The van der Waals surface area contributed by atoms with Gasteiger partial charge < -0.3 is 10.2 Å². The number of anilines is 1. The zero-order valence-electron chi connectivity index (χ0n) is 17.3. The predicted molar refractivity (Wildman–Crippen MR) is 121 cm³/mol. The quantitative estimate of drug-likeness (QED) is 0.739. The van der Waals surface area contributed by atoms with Crippen LogP contribution in [0.2, 0.25) is 0 Å². The van der Waals surface area contributed by atoms with Gasteiger partial charge in [0.2, 0.25) is 5.91 Å². The summed E-state index contributed by atoms with van der Waals surface area (Å²) >= 11 is 1.21. The summed E-state index contributed by atoms with van der Waals surface area (Å²) in [5, 5.41) is 4.66. The van der Waals surface area contributed by atoms with Gasteiger partial charge in [-0.3, -0.25) is 9.59 Å². The maximum atomic E-state index is 12.8. The molecule has 7 nitrogen and oxygen atoms in total. The van der Waals surface area contributed by atoms with Gasteiger partial charge in [-0.1, -0.05) is 12.1 Å². The molecule has 0 aliphatic carbocycles. The van der Waals surface area contributed by atoms with Gasteiger partial charge in [-0.25, -0.2) is 8.42 Å². The fourth-order valence-corrected chi connectivity index (χ4v) is 6.76. The smallest absolute Gasteiger partial charge is 0.253 e. The van der Waals surface area contributed by atoms with Gasteiger partial charge in [-0.2, -0.15) is 4.31 Å². The molecule has 31 heavy (non-hydrogen) atoms. The third-order valence-electron chi connectivity index (χ3n) is 5.93. The van der Waals surface area contributed by atoms with Crippen LogP contribution in [-0.4, -0.2) is 55.6 Å². The molecule has 166 valence electrons. The molecule has 2 amide bonds. The first-order valence-corrected chi connectivity index (χ1v) is 13.0. The minimum absolute atomic E-state index is 0.00268. The Morgan fingerprint density at radius 2 is 1.71 bits per heavy atom. The van der Waals surface area contributed by atoms with E-state index in [1.165, 1.54) is 15.6 Å². The second-order valence-electron chi connectivity index (χ2n) is 8.03. The molecule has 2 aliphatic rings. The van der Waals surface area contributed by atoms with E-state index < -0.39 is 10.0 Å². The van der Waals surface area contributed by atoms with Crippen molar-refractivity contribution in [3.63, 3.8) is 0 Å². The topological polar surface area (TPSA) is 86.8 Å². The fourth-order valence-electron chi connectivity index (χ4n) is 4.15. The highest BCUT2D eigenvalue weighted by Crippen LogP contribution is 2.27. The summed E-state index contributed by atoms with van der Waals surface area (Å²) in [6.45, 7) is 2.21. The summed E-state index contributed by atoms with van der Waals surface area (Å²) in [5.74, 6) is -0.380. The maximum Gasteiger partial charge on any atom is 0.253 e. The van der Waals surface area contributed by atoms with Crippen molar-refractivity contribution < 1.29 is 18.0 Å². The minimum atomic E-state index is -3.47. The van der Waals surface area contributed by atoms with Crippen molar-refractivity contribution in [3.8, 4) is 0 Å². The molecule has 0 unspecified atom stereocenters. The molecule has 0 radical (unpaired) electrons. The van der Waals surface area contributed by atoms with Crippen LogP contribution in [0, 0.1) is 5.92 Å². The van der Waals surface area contributed by atoms with Crippen molar-refractivity contribution in [1.82, 2.24) is 9.21 Å². The lowest BCUT2D eigenvalue weighted by Gasteiger charge is -2.30. The summed E-state index contributed by atoms with van der Waals surface area (Å²) in [5.41, 5.74) is 1.18. The number of sulfonamides is 1. The van der Waals surface area contributed by atoms with Gasteiger partial charge in [0.1, 0.15) is 4.21 Å². The SMILES string of the molecule is O=C(Nc1cccc(C(=O)N2CCCCC2)c1)C1CCN(S(=O)(=O)c2cccs2)CC1. The van der Waals surface area contributed by atoms with Gasteiger partial charge in [0.05, 0.1) is 0 Å². The van der Waals surface area contributed by atoms with Gasteiger partial charge >= 0.3 is 0 Å². The van der Waals surface area contributed by atoms with Gasteiger partial charge in [0.15, 0.2) is 0 Å². The van der Waals surface area contributed by atoms with E-state index >= 15 is 0 Å². The molecular weight excluding hydrogens is 434 g/mol. The Hall–Kier alpha value is -2.23. The first kappa shape index (κ1) is 22.0. The molecule has 2 fully saturated rings. The standard InChI is InChI=1S/C22H27N3O4S2/c26-21(17-9-13-25(14-10-17)31(28,29)20-8-5-15-30-20)23-19-7-4-6-18(16-19)22(27)24-11-2-1-3-12-24/h4-8,15-17H,1-3,9-14H2,(H,23,26). The predicted octanol–water partition coefficient (Wildman–Crippen LogP) is 3.41. The Labute approximate surface area is 187 Å². The van der Waals surface area contributed by atoms with E-state index in [9.17, 15) is 18.0 Å². The Morgan fingerprint density at radius 3 is 2.39 bits per heavy atom. The number of carbonyl (C=O) groups is 2. The van der Waals surface area contributed by atoms with Crippen LogP contribution in [0.5, 0.6) is 0 Å². The summed E-state index contributed by atoms with van der Waals surface area (Å²) in [6, 6.07) is 10.4. The van der Waals surface area contributed by atoms with E-state index in [4.69, 9.17) is 0 Å². The van der Waals surface area contributed by atoms with E-state index in [-0.39, 0.29) is 17.7 Å². The van der Waals surface area contributed by atoms with Crippen LogP contribution in [0.1, 0.15) is 42.5 Å². The Kier molecular flexibility index (Phi) is 6.74. The molecule has 1 N–H and O–H groups in total. The lowest BCUT2D eigenvalue weighted by molar-refractivity contribution is -0.120. The van der Waals surface area contributed by atoms with Crippen molar-refractivity contribution in [3.05, 3.63) is 47.3 Å². The summed E-state index contributed by atoms with van der Waals surface area (Å²) in [7, 11) is -3.47. The van der Waals surface area contributed by atoms with Crippen molar-refractivity contribution >= 4 is 38.9 Å². The van der Waals surface area contributed by atoms with Crippen molar-refractivity contribution in [1.29, 1.82) is 0 Å². The largest absolute Gasteiger partial charge is 0.339 e. The van der Waals surface area contributed by atoms with E-state index in [0.29, 0.717) is 41.4 Å². The molecular formula is C22H27N3O4S2. The number of nitrogens with zero attached hydrogens (tertiary/aromatic N) is 2. The van der Waals surface area contributed by atoms with Crippen LogP contribution in [0.3, 0.4) is 0 Å². The zero-order valence-corrected chi connectivity index (χ0v) is 19.0.